The van der Waals surface area contributed by atoms with E-state index in [0.29, 0.717) is 16.9 Å². The molecule has 0 atom stereocenters. The minimum Gasteiger partial charge on any atom is -0.478 e. The predicted molar refractivity (Wildman–Crippen MR) is 116 cm³/mol. The van der Waals surface area contributed by atoms with Crippen LogP contribution in [0.4, 0.5) is 11.4 Å². The minimum atomic E-state index is -1.01. The van der Waals surface area contributed by atoms with Crippen LogP contribution in [0.25, 0.3) is 10.9 Å². The molecule has 1 heterocycles. The number of hydrogen-bond acceptors (Lipinski definition) is 5. The molecule has 0 aliphatic carbocycles. The first kappa shape index (κ1) is 22.2. The fourth-order valence-corrected chi connectivity index (χ4v) is 3.18. The topological polar surface area (TPSA) is 88.5 Å². The third-order valence-corrected chi connectivity index (χ3v) is 4.55. The van der Waals surface area contributed by atoms with Gasteiger partial charge in [-0.05, 0) is 57.0 Å². The number of aromatic nitrogens is 1. The summed E-state index contributed by atoms with van der Waals surface area (Å²) in [7, 11) is 0. The highest BCUT2D eigenvalue weighted by Crippen LogP contribution is 2.33. The first-order chi connectivity index (χ1) is 13.3. The van der Waals surface area contributed by atoms with E-state index in [1.807, 2.05) is 32.9 Å². The number of benzene rings is 2. The molecule has 0 radical (unpaired) electrons. The maximum atomic E-state index is 12.5. The Labute approximate surface area is 175 Å². The maximum Gasteiger partial charge on any atom is 0.341 e. The van der Waals surface area contributed by atoms with Gasteiger partial charge >= 0.3 is 11.9 Å². The number of fused-ring (bicyclic) bond motifs is 1. The zero-order valence-corrected chi connectivity index (χ0v) is 17.5. The molecule has 6 nitrogen and oxygen atoms in total. The predicted octanol–water partition coefficient (Wildman–Crippen LogP) is 5.20. The highest BCUT2D eigenvalue weighted by Gasteiger charge is 2.19. The maximum absolute atomic E-state index is 12.5. The summed E-state index contributed by atoms with van der Waals surface area (Å²) in [6.45, 7) is 7.80. The molecule has 0 spiro atoms. The number of hydrogen-bond donors (Lipinski definition) is 2. The molecule has 3 aromatic rings. The third-order valence-electron chi connectivity index (χ3n) is 4.55. The van der Waals surface area contributed by atoms with Gasteiger partial charge in [0.15, 0.2) is 0 Å². The molecule has 0 saturated carbocycles. The van der Waals surface area contributed by atoms with Gasteiger partial charge in [-0.25, -0.2) is 9.59 Å². The van der Waals surface area contributed by atoms with E-state index in [4.69, 9.17) is 4.74 Å². The molecule has 0 unspecified atom stereocenters. The van der Waals surface area contributed by atoms with E-state index < -0.39 is 11.9 Å². The molecule has 2 aromatic carbocycles. The smallest absolute Gasteiger partial charge is 0.341 e. The fourth-order valence-electron chi connectivity index (χ4n) is 3.18. The second-order valence-electron chi connectivity index (χ2n) is 6.71. The van der Waals surface area contributed by atoms with Crippen molar-refractivity contribution in [2.45, 2.75) is 27.7 Å². The van der Waals surface area contributed by atoms with Gasteiger partial charge in [-0.3, -0.25) is 4.98 Å². The van der Waals surface area contributed by atoms with Gasteiger partial charge < -0.3 is 15.2 Å². The van der Waals surface area contributed by atoms with Crippen molar-refractivity contribution in [1.29, 1.82) is 0 Å². The van der Waals surface area contributed by atoms with Crippen LogP contribution in [-0.4, -0.2) is 28.6 Å². The summed E-state index contributed by atoms with van der Waals surface area (Å²) in [5.74, 6) is -1.49. The molecule has 1 aromatic heterocycles. The second-order valence-corrected chi connectivity index (χ2v) is 6.71. The molecule has 0 saturated heterocycles. The first-order valence-electron chi connectivity index (χ1n) is 8.99. The van der Waals surface area contributed by atoms with Gasteiger partial charge in [0.2, 0.25) is 0 Å². The number of esters is 1. The van der Waals surface area contributed by atoms with Crippen LogP contribution in [0, 0.1) is 20.8 Å². The number of carbonyl (C=O) groups is 2. The molecule has 152 valence electrons. The van der Waals surface area contributed by atoms with Gasteiger partial charge in [0, 0.05) is 17.3 Å². The van der Waals surface area contributed by atoms with Crippen molar-refractivity contribution >= 4 is 46.6 Å². The van der Waals surface area contributed by atoms with E-state index in [1.165, 1.54) is 6.20 Å². The van der Waals surface area contributed by atoms with Crippen molar-refractivity contribution in [3.05, 3.63) is 64.3 Å². The Hall–Kier alpha value is -3.12. The summed E-state index contributed by atoms with van der Waals surface area (Å²) in [6.07, 6.45) is 1.50. The van der Waals surface area contributed by atoms with Crippen LogP contribution in [0.15, 0.2) is 36.5 Å². The molecule has 3 rings (SSSR count). The molecule has 0 bridgehead atoms. The number of carboxylic acids is 1. The Balaban J connectivity index is 0.00000300. The lowest BCUT2D eigenvalue weighted by Gasteiger charge is -2.17. The quantitative estimate of drug-likeness (QED) is 0.558. The van der Waals surface area contributed by atoms with E-state index >= 15 is 0 Å². The van der Waals surface area contributed by atoms with Crippen molar-refractivity contribution in [1.82, 2.24) is 4.98 Å². The Morgan fingerprint density at radius 2 is 1.83 bits per heavy atom. The van der Waals surface area contributed by atoms with Crippen molar-refractivity contribution in [2.75, 3.05) is 11.9 Å². The van der Waals surface area contributed by atoms with Gasteiger partial charge in [0.05, 0.1) is 23.4 Å². The molecule has 29 heavy (non-hydrogen) atoms. The number of halogens is 1. The van der Waals surface area contributed by atoms with Gasteiger partial charge in [-0.2, -0.15) is 0 Å². The van der Waals surface area contributed by atoms with Crippen LogP contribution in [0.5, 0.6) is 0 Å². The van der Waals surface area contributed by atoms with Crippen LogP contribution in [0.1, 0.15) is 44.3 Å². The molecule has 7 heteroatoms. The second kappa shape index (κ2) is 8.92. The zero-order valence-electron chi connectivity index (χ0n) is 16.7. The van der Waals surface area contributed by atoms with Crippen LogP contribution in [0.2, 0.25) is 0 Å². The number of aryl methyl sites for hydroxylation is 3. The number of carbonyl (C=O) groups excluding carboxylic acids is 1. The first-order valence-corrected chi connectivity index (χ1v) is 8.99. The number of ether oxygens (including phenoxy) is 1. The number of pyridine rings is 1. The van der Waals surface area contributed by atoms with E-state index in [-0.39, 0.29) is 24.6 Å². The Morgan fingerprint density at radius 3 is 2.48 bits per heavy atom. The van der Waals surface area contributed by atoms with Gasteiger partial charge in [-0.15, -0.1) is 12.4 Å². The fraction of sp³-hybridized carbons (Fsp3) is 0.227. The summed E-state index contributed by atoms with van der Waals surface area (Å²) in [6, 6.07) is 8.82. The monoisotopic (exact) mass is 414 g/mol. The van der Waals surface area contributed by atoms with Crippen LogP contribution >= 0.6 is 12.4 Å². The van der Waals surface area contributed by atoms with Crippen LogP contribution in [-0.2, 0) is 4.74 Å². The SMILES string of the molecule is CCOC(=O)c1cnc2c(C)cc(C)cc2c1Nc1cc(C(=O)O)ccc1C.Cl. The third kappa shape index (κ3) is 4.49. The highest BCUT2D eigenvalue weighted by atomic mass is 35.5. The van der Waals surface area contributed by atoms with Crippen LogP contribution < -0.4 is 5.32 Å². The lowest BCUT2D eigenvalue weighted by atomic mass is 10.0. The lowest BCUT2D eigenvalue weighted by Crippen LogP contribution is -2.10. The lowest BCUT2D eigenvalue weighted by molar-refractivity contribution is 0.0526. The minimum absolute atomic E-state index is 0. The Kier molecular flexibility index (Phi) is 6.82. The van der Waals surface area contributed by atoms with E-state index in [0.717, 1.165) is 27.6 Å². The Morgan fingerprint density at radius 1 is 1.10 bits per heavy atom. The molecule has 0 fully saturated rings. The van der Waals surface area contributed by atoms with Gasteiger partial charge in [-0.1, -0.05) is 17.7 Å². The number of carboxylic acid groups (broad SMARTS) is 1. The molecular formula is C22H23ClN2O4. The van der Waals surface area contributed by atoms with E-state index in [2.05, 4.69) is 10.3 Å². The summed E-state index contributed by atoms with van der Waals surface area (Å²) >= 11 is 0. The summed E-state index contributed by atoms with van der Waals surface area (Å²) < 4.78 is 5.19. The number of anilines is 2. The number of nitrogens with zero attached hydrogens (tertiary/aromatic N) is 1. The Bertz CT molecular complexity index is 1100. The largest absolute Gasteiger partial charge is 0.478 e. The summed E-state index contributed by atoms with van der Waals surface area (Å²) in [5.41, 5.74) is 5.28. The molecule has 0 aliphatic heterocycles. The molecule has 0 aliphatic rings. The average molecular weight is 415 g/mol. The van der Waals surface area contributed by atoms with Crippen molar-refractivity contribution in [2.24, 2.45) is 0 Å². The van der Waals surface area contributed by atoms with Crippen molar-refractivity contribution in [3.8, 4) is 0 Å². The number of aromatic carboxylic acids is 1. The normalized spacial score (nSPS) is 10.3. The van der Waals surface area contributed by atoms with Crippen LogP contribution in [0.3, 0.4) is 0 Å². The van der Waals surface area contributed by atoms with Gasteiger partial charge in [0.25, 0.3) is 0 Å². The number of nitrogens with one attached hydrogen (secondary N) is 1. The average Bonchev–Trinajstić information content (AvgIpc) is 2.63. The summed E-state index contributed by atoms with van der Waals surface area (Å²) in [5, 5.41) is 13.4. The van der Waals surface area contributed by atoms with Crippen molar-refractivity contribution in [3.63, 3.8) is 0 Å². The van der Waals surface area contributed by atoms with E-state index in [9.17, 15) is 14.7 Å². The molecule has 2 N–H and O–H groups in total. The standard InChI is InChI=1S/C22H22N2O4.ClH/c1-5-28-22(27)17-11-23-19-14(4)8-12(2)9-16(19)20(17)24-18-10-15(21(25)26)7-6-13(18)3;/h6-11H,5H2,1-4H3,(H,23,24)(H,25,26);1H. The number of rotatable bonds is 5. The van der Waals surface area contributed by atoms with Crippen molar-refractivity contribution < 1.29 is 19.4 Å². The zero-order chi connectivity index (χ0) is 20.4. The van der Waals surface area contributed by atoms with Gasteiger partial charge in [0.1, 0.15) is 5.56 Å². The van der Waals surface area contributed by atoms with E-state index in [1.54, 1.807) is 25.1 Å². The summed E-state index contributed by atoms with van der Waals surface area (Å²) in [4.78, 5) is 28.4. The highest BCUT2D eigenvalue weighted by molar-refractivity contribution is 6.07. The molecular weight excluding hydrogens is 392 g/mol. The molecule has 0 amide bonds.